The van der Waals surface area contributed by atoms with Gasteiger partial charge in [0.2, 0.25) is 20.0 Å². The molecule has 2 aromatic carbocycles. The molecule has 0 saturated carbocycles. The zero-order valence-corrected chi connectivity index (χ0v) is 24.5. The van der Waals surface area contributed by atoms with E-state index in [2.05, 4.69) is 0 Å². The minimum atomic E-state index is -3.77. The van der Waals surface area contributed by atoms with Crippen molar-refractivity contribution in [1.29, 1.82) is 0 Å². The van der Waals surface area contributed by atoms with Crippen LogP contribution in [0.25, 0.3) is 0 Å². The minimum Gasteiger partial charge on any atom is -0.207 e. The lowest BCUT2D eigenvalue weighted by molar-refractivity contribution is 0.404. The van der Waals surface area contributed by atoms with Gasteiger partial charge in [-0.15, -0.1) is 0 Å². The molecule has 1 heterocycles. The van der Waals surface area contributed by atoms with Gasteiger partial charge in [-0.3, -0.25) is 0 Å². The molecule has 0 spiro atoms. The molecule has 2 aromatic rings. The summed E-state index contributed by atoms with van der Waals surface area (Å²) in [5.41, 5.74) is 9.27. The fraction of sp³-hybridized carbons (Fsp3) is 0.556. The molecule has 6 nitrogen and oxygen atoms in total. The maximum atomic E-state index is 13.8. The van der Waals surface area contributed by atoms with Gasteiger partial charge in [0.25, 0.3) is 0 Å². The molecular weight excluding hydrogens is 480 g/mol. The largest absolute Gasteiger partial charge is 0.243 e. The summed E-state index contributed by atoms with van der Waals surface area (Å²) in [4.78, 5) is 0.733. The number of hydrogen-bond donors (Lipinski definition) is 0. The van der Waals surface area contributed by atoms with Gasteiger partial charge in [0.1, 0.15) is 0 Å². The first-order valence-electron chi connectivity index (χ1n) is 12.2. The van der Waals surface area contributed by atoms with Crippen molar-refractivity contribution in [1.82, 2.24) is 8.61 Å². The molecule has 3 rings (SSSR count). The van der Waals surface area contributed by atoms with Crippen molar-refractivity contribution >= 4 is 20.0 Å². The van der Waals surface area contributed by atoms with Crippen LogP contribution in [0.4, 0.5) is 0 Å². The molecule has 8 heteroatoms. The van der Waals surface area contributed by atoms with Crippen LogP contribution in [-0.2, 0) is 20.0 Å². The Kier molecular flexibility index (Phi) is 7.65. The second-order valence-corrected chi connectivity index (χ2v) is 13.8. The Balaban J connectivity index is 2.00. The van der Waals surface area contributed by atoms with E-state index in [4.69, 9.17) is 0 Å². The molecule has 1 aliphatic rings. The van der Waals surface area contributed by atoms with E-state index < -0.39 is 20.0 Å². The monoisotopic (exact) mass is 520 g/mol. The van der Waals surface area contributed by atoms with Crippen molar-refractivity contribution < 1.29 is 16.8 Å². The summed E-state index contributed by atoms with van der Waals surface area (Å²) in [5.74, 6) is 0. The molecule has 1 fully saturated rings. The number of sulfonamides is 2. The lowest BCUT2D eigenvalue weighted by Crippen LogP contribution is -2.38. The Morgan fingerprint density at radius 2 is 0.629 bits per heavy atom. The third-order valence-electron chi connectivity index (χ3n) is 8.47. The van der Waals surface area contributed by atoms with E-state index in [-0.39, 0.29) is 13.1 Å². The molecule has 1 saturated heterocycles. The van der Waals surface area contributed by atoms with Gasteiger partial charge < -0.3 is 0 Å². The fourth-order valence-corrected chi connectivity index (χ4v) is 9.37. The van der Waals surface area contributed by atoms with Crippen molar-refractivity contribution in [3.8, 4) is 0 Å². The maximum Gasteiger partial charge on any atom is 0.243 e. The molecule has 0 bridgehead atoms. The van der Waals surface area contributed by atoms with E-state index in [1.54, 1.807) is 0 Å². The van der Waals surface area contributed by atoms with Crippen LogP contribution < -0.4 is 0 Å². The zero-order chi connectivity index (χ0) is 26.6. The molecule has 194 valence electrons. The first kappa shape index (κ1) is 27.8. The van der Waals surface area contributed by atoms with E-state index in [9.17, 15) is 16.8 Å². The Morgan fingerprint density at radius 3 is 0.886 bits per heavy atom. The van der Waals surface area contributed by atoms with E-state index in [1.165, 1.54) is 8.61 Å². The van der Waals surface area contributed by atoms with Crippen molar-refractivity contribution in [2.75, 3.05) is 26.2 Å². The number of rotatable bonds is 4. The normalized spacial score (nSPS) is 16.5. The fourth-order valence-electron chi connectivity index (χ4n) is 5.31. The molecule has 1 aliphatic heterocycles. The highest BCUT2D eigenvalue weighted by molar-refractivity contribution is 7.89. The summed E-state index contributed by atoms with van der Waals surface area (Å²) < 4.78 is 58.2. The predicted molar refractivity (Wildman–Crippen MR) is 142 cm³/mol. The summed E-state index contributed by atoms with van der Waals surface area (Å²) >= 11 is 0. The summed E-state index contributed by atoms with van der Waals surface area (Å²) in [6, 6.07) is 0. The average Bonchev–Trinajstić information content (AvgIpc) is 3.06. The van der Waals surface area contributed by atoms with Crippen LogP contribution in [0.2, 0.25) is 0 Å². The highest BCUT2D eigenvalue weighted by Gasteiger charge is 2.35. The number of nitrogens with zero attached hydrogens (tertiary/aromatic N) is 2. The van der Waals surface area contributed by atoms with Gasteiger partial charge in [-0.1, -0.05) is 0 Å². The molecule has 0 radical (unpaired) electrons. The van der Waals surface area contributed by atoms with Crippen LogP contribution in [0.5, 0.6) is 0 Å². The molecule has 0 aliphatic carbocycles. The van der Waals surface area contributed by atoms with Gasteiger partial charge in [-0.25, -0.2) is 16.8 Å². The molecular formula is C27H40N2O4S2. The Morgan fingerprint density at radius 1 is 0.400 bits per heavy atom. The van der Waals surface area contributed by atoms with Crippen LogP contribution in [-0.4, -0.2) is 51.6 Å². The molecule has 0 atom stereocenters. The summed E-state index contributed by atoms with van der Waals surface area (Å²) in [6.45, 7) is 20.2. The topological polar surface area (TPSA) is 74.8 Å². The van der Waals surface area contributed by atoms with Gasteiger partial charge in [0.05, 0.1) is 9.79 Å². The molecule has 0 aromatic heterocycles. The molecule has 35 heavy (non-hydrogen) atoms. The van der Waals surface area contributed by atoms with Crippen LogP contribution in [0.3, 0.4) is 0 Å². The second kappa shape index (κ2) is 9.61. The van der Waals surface area contributed by atoms with Crippen molar-refractivity contribution in [2.45, 2.75) is 85.4 Å². The highest BCUT2D eigenvalue weighted by atomic mass is 32.2. The zero-order valence-electron chi connectivity index (χ0n) is 22.9. The second-order valence-electron chi connectivity index (χ2n) is 10.1. The summed E-state index contributed by atoms with van der Waals surface area (Å²) in [6.07, 6.45) is 0.447. The van der Waals surface area contributed by atoms with Crippen LogP contribution in [0.1, 0.15) is 62.1 Å². The van der Waals surface area contributed by atoms with Gasteiger partial charge >= 0.3 is 0 Å². The number of benzene rings is 2. The lowest BCUT2D eigenvalue weighted by atomic mass is 9.95. The Bertz CT molecular complexity index is 1240. The van der Waals surface area contributed by atoms with Crippen LogP contribution >= 0.6 is 0 Å². The SMILES string of the molecule is Cc1c(C)c(C)c(S(=O)(=O)N2CCCN(S(=O)(=O)c3c(C)c(C)c(C)c(C)c3C)CC2)c(C)c1C. The van der Waals surface area contributed by atoms with Gasteiger partial charge in [-0.05, 0) is 131 Å². The highest BCUT2D eigenvalue weighted by Crippen LogP contribution is 2.34. The average molecular weight is 521 g/mol. The number of hydrogen-bond acceptors (Lipinski definition) is 4. The Labute approximate surface area is 212 Å². The first-order chi connectivity index (χ1) is 16.1. The summed E-state index contributed by atoms with van der Waals surface area (Å²) in [7, 11) is -7.53. The van der Waals surface area contributed by atoms with Gasteiger partial charge in [0, 0.05) is 26.2 Å². The van der Waals surface area contributed by atoms with E-state index >= 15 is 0 Å². The molecule has 0 unspecified atom stereocenters. The van der Waals surface area contributed by atoms with Crippen molar-refractivity contribution in [2.24, 2.45) is 0 Å². The molecule has 0 amide bonds. The van der Waals surface area contributed by atoms with E-state index in [0.29, 0.717) is 29.3 Å². The predicted octanol–water partition coefficient (Wildman–Crippen LogP) is 4.86. The Hall–Kier alpha value is -1.74. The maximum absolute atomic E-state index is 13.8. The third kappa shape index (κ3) is 4.47. The third-order valence-corrected chi connectivity index (χ3v) is 12.8. The van der Waals surface area contributed by atoms with Crippen molar-refractivity contribution in [3.05, 3.63) is 55.6 Å². The minimum absolute atomic E-state index is 0.133. The van der Waals surface area contributed by atoms with Crippen LogP contribution in [0, 0.1) is 69.2 Å². The van der Waals surface area contributed by atoms with E-state index in [1.807, 2.05) is 69.2 Å². The lowest BCUT2D eigenvalue weighted by Gasteiger charge is -2.26. The quantitative estimate of drug-likeness (QED) is 0.577. The van der Waals surface area contributed by atoms with Gasteiger partial charge in [0.15, 0.2) is 0 Å². The van der Waals surface area contributed by atoms with E-state index in [0.717, 1.165) is 55.6 Å². The van der Waals surface area contributed by atoms with Crippen LogP contribution in [0.15, 0.2) is 9.79 Å². The molecule has 0 N–H and O–H groups in total. The van der Waals surface area contributed by atoms with Crippen molar-refractivity contribution in [3.63, 3.8) is 0 Å². The summed E-state index contributed by atoms with van der Waals surface area (Å²) in [5, 5.41) is 0. The smallest absolute Gasteiger partial charge is 0.207 e. The standard InChI is InChI=1S/C27H40N2O4S2/c1-16-18(3)22(7)26(23(8)19(16)4)34(30,31)28-12-11-13-29(15-14-28)35(32,33)27-24(9)20(5)17(2)21(6)25(27)10/h11-15H2,1-10H3. The first-order valence-corrected chi connectivity index (χ1v) is 15.1. The van der Waals surface area contributed by atoms with Gasteiger partial charge in [-0.2, -0.15) is 8.61 Å².